The number of ketones is 4. The largest absolute Gasteiger partial charge is 0.310 e. The molecule has 0 aromatic heterocycles. The Morgan fingerprint density at radius 2 is 0.775 bits per heavy atom. The van der Waals surface area contributed by atoms with E-state index in [1.165, 1.54) is 32.7 Å². The number of hydrogen-bond acceptors (Lipinski definition) is 6. The van der Waals surface area contributed by atoms with Crippen molar-refractivity contribution in [3.8, 4) is 0 Å². The highest BCUT2D eigenvalue weighted by Crippen LogP contribution is 2.52. The van der Waals surface area contributed by atoms with Crippen molar-refractivity contribution in [2.45, 2.75) is 45.4 Å². The normalized spacial score (nSPS) is 14.0. The minimum absolute atomic E-state index is 0.0716. The number of anilines is 6. The number of carbonyl (C=O) groups is 4. The number of hydrogen-bond donors (Lipinski definition) is 0. The molecule has 2 aliphatic carbocycles. The van der Waals surface area contributed by atoms with Crippen molar-refractivity contribution in [2.75, 3.05) is 9.80 Å². The lowest BCUT2D eigenvalue weighted by atomic mass is 9.73. The van der Waals surface area contributed by atoms with E-state index in [4.69, 9.17) is 0 Å². The number of para-hydroxylation sites is 1. The summed E-state index contributed by atoms with van der Waals surface area (Å²) in [7, 11) is 0. The summed E-state index contributed by atoms with van der Waals surface area (Å²) in [6, 6.07) is 89.2. The van der Waals surface area contributed by atoms with E-state index in [-0.39, 0.29) is 45.1 Å². The highest BCUT2D eigenvalue weighted by atomic mass is 16.2. The molecule has 16 rings (SSSR count). The van der Waals surface area contributed by atoms with Gasteiger partial charge < -0.3 is 9.80 Å². The quantitative estimate of drug-likeness (QED) is 0.122. The predicted octanol–water partition coefficient (Wildman–Crippen LogP) is 20.9. The number of Topliss-reactive ketones (excluding diaryl/α,β-unsaturated/α-hetero) is 4. The fraction of sp³-hybridized carbons (Fsp3) is 0.0843. The molecular weight excluding hydrogens is 1090 g/mol. The lowest BCUT2D eigenvalue weighted by Gasteiger charge is -2.42. The van der Waals surface area contributed by atoms with Crippen LogP contribution in [0.1, 0.15) is 104 Å². The average molecular weight is 1150 g/mol. The van der Waals surface area contributed by atoms with Gasteiger partial charge in [0, 0.05) is 50.1 Å². The number of nitrogens with zero attached hydrogens (tertiary/aromatic N) is 2. The Kier molecular flexibility index (Phi) is 12.9. The van der Waals surface area contributed by atoms with Crippen LogP contribution >= 0.6 is 0 Å². The fourth-order valence-corrected chi connectivity index (χ4v) is 13.4. The molecule has 0 atom stereocenters. The first-order valence-corrected chi connectivity index (χ1v) is 30.3. The van der Waals surface area contributed by atoms with Crippen molar-refractivity contribution in [1.29, 1.82) is 0 Å². The molecule has 6 nitrogen and oxygen atoms in total. The van der Waals surface area contributed by atoms with E-state index in [2.05, 4.69) is 214 Å². The molecule has 89 heavy (non-hydrogen) atoms. The third kappa shape index (κ3) is 9.43. The van der Waals surface area contributed by atoms with Gasteiger partial charge in [0.15, 0.2) is 23.1 Å². The van der Waals surface area contributed by atoms with E-state index in [0.717, 1.165) is 83.1 Å². The maximum Gasteiger partial charge on any atom is 0.197 e. The molecule has 13 aromatic rings. The topological polar surface area (TPSA) is 74.8 Å². The summed E-state index contributed by atoms with van der Waals surface area (Å²) in [4.78, 5) is 58.4. The highest BCUT2D eigenvalue weighted by molar-refractivity contribution is 6.43. The van der Waals surface area contributed by atoms with Crippen LogP contribution in [0.3, 0.4) is 0 Å². The first-order chi connectivity index (χ1) is 43.1. The summed E-state index contributed by atoms with van der Waals surface area (Å²) >= 11 is 0. The van der Waals surface area contributed by atoms with Crippen LogP contribution < -0.4 is 9.80 Å². The Bertz CT molecular complexity index is 5130. The van der Waals surface area contributed by atoms with Gasteiger partial charge in [-0.3, -0.25) is 19.2 Å². The molecular formula is C83H60N2O4. The van der Waals surface area contributed by atoms with E-state index in [1.54, 1.807) is 12.2 Å². The van der Waals surface area contributed by atoms with Gasteiger partial charge in [-0.15, -0.1) is 0 Å². The van der Waals surface area contributed by atoms with E-state index < -0.39 is 0 Å². The summed E-state index contributed by atoms with van der Waals surface area (Å²) in [6.07, 6.45) is 3.51. The SMILES string of the molecule is CC(C)(C)c1ccc(N2c3ccccc3C(C)(C)c3cc(C=C4C(=O)c5cc6ccccc6cc5C4=O)ccc32)cc1.O=C1C(=Cc2ccc3cc(N(c4ccc5ccccc5c4)c4cccc5ccccc45)ccc3c2)C(=O)c2cc3ccccc3cc21. The van der Waals surface area contributed by atoms with E-state index >= 15 is 0 Å². The molecule has 13 aromatic carbocycles. The number of rotatable bonds is 6. The molecule has 6 heteroatoms. The van der Waals surface area contributed by atoms with E-state index in [1.807, 2.05) is 91.0 Å². The molecule has 0 saturated heterocycles. The van der Waals surface area contributed by atoms with Crippen LogP contribution in [-0.2, 0) is 10.8 Å². The van der Waals surface area contributed by atoms with Crippen LogP contribution in [-0.4, -0.2) is 23.1 Å². The van der Waals surface area contributed by atoms with Crippen molar-refractivity contribution in [3.05, 3.63) is 322 Å². The second kappa shape index (κ2) is 21.1. The first kappa shape index (κ1) is 54.6. The van der Waals surface area contributed by atoms with E-state index in [9.17, 15) is 19.2 Å². The van der Waals surface area contributed by atoms with Gasteiger partial charge in [-0.05, 0) is 185 Å². The van der Waals surface area contributed by atoms with Crippen molar-refractivity contribution >= 4 is 123 Å². The molecule has 0 amide bonds. The fourth-order valence-electron chi connectivity index (χ4n) is 13.4. The minimum Gasteiger partial charge on any atom is -0.310 e. The zero-order chi connectivity index (χ0) is 60.9. The van der Waals surface area contributed by atoms with Crippen molar-refractivity contribution in [3.63, 3.8) is 0 Å². The molecule has 0 N–H and O–H groups in total. The molecule has 1 heterocycles. The average Bonchev–Trinajstić information content (AvgIpc) is 1.90. The second-order valence-corrected chi connectivity index (χ2v) is 25.1. The van der Waals surface area contributed by atoms with Crippen LogP contribution in [0.25, 0.3) is 66.0 Å². The minimum atomic E-state index is -0.285. The zero-order valence-corrected chi connectivity index (χ0v) is 50.0. The lowest BCUT2D eigenvalue weighted by molar-refractivity contribution is 0.0975. The molecule has 0 bridgehead atoms. The van der Waals surface area contributed by atoms with Crippen LogP contribution in [0.2, 0.25) is 0 Å². The number of benzene rings is 13. The Morgan fingerprint density at radius 1 is 0.360 bits per heavy atom. The monoisotopic (exact) mass is 1150 g/mol. The Hall–Kier alpha value is -11.1. The Balaban J connectivity index is 0.000000150. The maximum atomic E-state index is 13.5. The number of allylic oxidation sites excluding steroid dienone is 2. The van der Waals surface area contributed by atoms with Gasteiger partial charge in [0.05, 0.1) is 28.2 Å². The van der Waals surface area contributed by atoms with Gasteiger partial charge >= 0.3 is 0 Å². The lowest BCUT2D eigenvalue weighted by Crippen LogP contribution is -2.30. The molecule has 3 aliphatic rings. The zero-order valence-electron chi connectivity index (χ0n) is 50.0. The van der Waals surface area contributed by atoms with Crippen LogP contribution in [0, 0.1) is 0 Å². The van der Waals surface area contributed by atoms with Gasteiger partial charge in [-0.1, -0.05) is 204 Å². The summed E-state index contributed by atoms with van der Waals surface area (Å²) < 4.78 is 0. The maximum absolute atomic E-state index is 13.5. The molecule has 0 radical (unpaired) electrons. The predicted molar refractivity (Wildman–Crippen MR) is 367 cm³/mol. The number of fused-ring (bicyclic) bond motifs is 9. The van der Waals surface area contributed by atoms with Crippen LogP contribution in [0.4, 0.5) is 34.1 Å². The van der Waals surface area contributed by atoms with Crippen LogP contribution in [0.5, 0.6) is 0 Å². The molecule has 0 spiro atoms. The molecule has 0 saturated carbocycles. The van der Waals surface area contributed by atoms with Crippen molar-refractivity contribution < 1.29 is 19.2 Å². The third-order valence-corrected chi connectivity index (χ3v) is 18.2. The summed E-state index contributed by atoms with van der Waals surface area (Å²) in [5, 5.41) is 10.7. The van der Waals surface area contributed by atoms with Crippen LogP contribution in [0.15, 0.2) is 272 Å². The summed E-state index contributed by atoms with van der Waals surface area (Å²) in [5.74, 6) is -0.841. The van der Waals surface area contributed by atoms with Gasteiger partial charge in [0.2, 0.25) is 0 Å². The van der Waals surface area contributed by atoms with Gasteiger partial charge in [-0.2, -0.15) is 0 Å². The smallest absolute Gasteiger partial charge is 0.197 e. The van der Waals surface area contributed by atoms with Gasteiger partial charge in [0.1, 0.15) is 0 Å². The molecule has 0 fully saturated rings. The van der Waals surface area contributed by atoms with Gasteiger partial charge in [0.25, 0.3) is 0 Å². The second-order valence-electron chi connectivity index (χ2n) is 25.1. The standard InChI is InChI=1S/C44H27NO2.C39H33NO2/c46-43-39-26-32-11-3-4-12-33(32)27-40(39)44(47)41(43)23-28-16-17-35-25-37(21-19-34(35)22-28)45(36-20-18-29-8-1-2-10-31(29)24-36)42-15-7-13-30-9-5-6-14-38(30)42;1-38(2,3)27-15-17-28(18-16-27)40-34-13-9-8-12-32(34)39(4,5)33-21-24(14-19-35(33)40)20-31-36(41)29-22-25-10-6-7-11-26(25)23-30(29)37(31)42/h1-27H;6-23H,1-5H3. The number of carbonyl (C=O) groups excluding carboxylic acids is 4. The Labute approximate surface area is 516 Å². The molecule has 1 aliphatic heterocycles. The third-order valence-electron chi connectivity index (χ3n) is 18.2. The molecule has 0 unspecified atom stereocenters. The highest BCUT2D eigenvalue weighted by Gasteiger charge is 2.39. The molecule has 426 valence electrons. The van der Waals surface area contributed by atoms with Crippen molar-refractivity contribution in [1.82, 2.24) is 0 Å². The summed E-state index contributed by atoms with van der Waals surface area (Å²) in [5.41, 5.74) is 14.1. The van der Waals surface area contributed by atoms with E-state index in [0.29, 0.717) is 22.3 Å². The first-order valence-electron chi connectivity index (χ1n) is 30.3. The van der Waals surface area contributed by atoms with Crippen molar-refractivity contribution in [2.24, 2.45) is 0 Å². The summed E-state index contributed by atoms with van der Waals surface area (Å²) in [6.45, 7) is 11.2. The van der Waals surface area contributed by atoms with Gasteiger partial charge in [-0.25, -0.2) is 0 Å². The Morgan fingerprint density at radius 3 is 1.34 bits per heavy atom.